The number of halogens is 1. The van der Waals surface area contributed by atoms with Crippen LogP contribution < -0.4 is 20.4 Å². The number of nitrogens with zero attached hydrogens (tertiary/aromatic N) is 4. The van der Waals surface area contributed by atoms with E-state index in [1.54, 1.807) is 24.1 Å². The second kappa shape index (κ2) is 8.85. The van der Waals surface area contributed by atoms with Crippen molar-refractivity contribution < 1.29 is 14.0 Å². The third kappa shape index (κ3) is 4.48. The maximum absolute atomic E-state index is 13.0. The van der Waals surface area contributed by atoms with Gasteiger partial charge in [0.05, 0.1) is 5.69 Å². The highest BCUT2D eigenvalue weighted by atomic mass is 19.1. The van der Waals surface area contributed by atoms with E-state index in [-0.39, 0.29) is 23.7 Å². The molecule has 9 heteroatoms. The van der Waals surface area contributed by atoms with Gasteiger partial charge in [0.2, 0.25) is 11.9 Å². The molecule has 0 radical (unpaired) electrons. The number of hydrogen-bond acceptors (Lipinski definition) is 6. The molecule has 0 bridgehead atoms. The van der Waals surface area contributed by atoms with Crippen molar-refractivity contribution in [1.82, 2.24) is 9.97 Å². The summed E-state index contributed by atoms with van der Waals surface area (Å²) in [5.41, 5.74) is 3.43. The first-order valence-corrected chi connectivity index (χ1v) is 10.5. The number of carbonyl (C=O) groups excluding carboxylic acids is 2. The smallest absolute Gasteiger partial charge is 0.255 e. The molecule has 1 aliphatic heterocycles. The zero-order valence-electron chi connectivity index (χ0n) is 18.9. The second-order valence-electron chi connectivity index (χ2n) is 8.00. The first-order chi connectivity index (χ1) is 15.7. The van der Waals surface area contributed by atoms with E-state index in [2.05, 4.69) is 20.6 Å². The van der Waals surface area contributed by atoms with Gasteiger partial charge in [0, 0.05) is 31.9 Å². The zero-order valence-corrected chi connectivity index (χ0v) is 18.9. The molecule has 33 heavy (non-hydrogen) atoms. The van der Waals surface area contributed by atoms with Crippen LogP contribution in [-0.2, 0) is 11.3 Å². The molecule has 0 saturated heterocycles. The number of benzene rings is 2. The van der Waals surface area contributed by atoms with Gasteiger partial charge < -0.3 is 20.4 Å². The molecule has 1 aliphatic rings. The highest BCUT2D eigenvalue weighted by Crippen LogP contribution is 2.35. The first-order valence-electron chi connectivity index (χ1n) is 10.5. The van der Waals surface area contributed by atoms with E-state index in [1.807, 2.05) is 37.9 Å². The molecule has 0 fully saturated rings. The number of hydrogen-bond donors (Lipinski definition) is 2. The van der Waals surface area contributed by atoms with Crippen LogP contribution in [-0.4, -0.2) is 41.9 Å². The minimum atomic E-state index is -0.386. The van der Waals surface area contributed by atoms with E-state index in [1.165, 1.54) is 24.3 Å². The summed E-state index contributed by atoms with van der Waals surface area (Å²) in [4.78, 5) is 37.3. The van der Waals surface area contributed by atoms with Crippen LogP contribution in [0.4, 0.5) is 27.5 Å². The fourth-order valence-corrected chi connectivity index (χ4v) is 3.70. The van der Waals surface area contributed by atoms with Crippen molar-refractivity contribution in [3.8, 4) is 0 Å². The van der Waals surface area contributed by atoms with Gasteiger partial charge in [-0.25, -0.2) is 9.37 Å². The van der Waals surface area contributed by atoms with Crippen LogP contribution in [0.15, 0.2) is 48.5 Å². The topological polar surface area (TPSA) is 90.5 Å². The quantitative estimate of drug-likeness (QED) is 0.620. The van der Waals surface area contributed by atoms with Crippen LogP contribution in [0.25, 0.3) is 0 Å². The van der Waals surface area contributed by atoms with Crippen molar-refractivity contribution in [2.24, 2.45) is 0 Å². The number of anilines is 4. The van der Waals surface area contributed by atoms with Gasteiger partial charge in [-0.1, -0.05) is 12.1 Å². The molecule has 2 heterocycles. The Morgan fingerprint density at radius 3 is 2.39 bits per heavy atom. The summed E-state index contributed by atoms with van der Waals surface area (Å²) >= 11 is 0. The van der Waals surface area contributed by atoms with Crippen molar-refractivity contribution in [2.75, 3.05) is 34.5 Å². The van der Waals surface area contributed by atoms with Crippen LogP contribution in [0.5, 0.6) is 0 Å². The Balaban J connectivity index is 1.42. The lowest BCUT2D eigenvalue weighted by molar-refractivity contribution is -0.119. The molecule has 0 saturated carbocycles. The van der Waals surface area contributed by atoms with Crippen LogP contribution >= 0.6 is 0 Å². The molecule has 0 aliphatic carbocycles. The lowest BCUT2D eigenvalue weighted by Gasteiger charge is -2.37. The molecule has 0 spiro atoms. The number of fused-ring (bicyclic) bond motifs is 1. The molecule has 1 atom stereocenters. The van der Waals surface area contributed by atoms with E-state index in [4.69, 9.17) is 0 Å². The highest BCUT2D eigenvalue weighted by Gasteiger charge is 2.34. The average Bonchev–Trinajstić information content (AvgIpc) is 2.81. The van der Waals surface area contributed by atoms with E-state index < -0.39 is 0 Å². The van der Waals surface area contributed by atoms with Crippen LogP contribution in [0.3, 0.4) is 0 Å². The van der Waals surface area contributed by atoms with E-state index >= 15 is 0 Å². The molecule has 2 aromatic carbocycles. The van der Waals surface area contributed by atoms with Crippen molar-refractivity contribution in [1.29, 1.82) is 0 Å². The summed E-state index contributed by atoms with van der Waals surface area (Å²) < 4.78 is 13.0. The average molecular weight is 449 g/mol. The lowest BCUT2D eigenvalue weighted by atomic mass is 10.1. The number of rotatable bonds is 5. The van der Waals surface area contributed by atoms with Gasteiger partial charge in [0.1, 0.15) is 17.5 Å². The van der Waals surface area contributed by atoms with Gasteiger partial charge in [0.15, 0.2) is 5.82 Å². The van der Waals surface area contributed by atoms with Crippen LogP contribution in [0.1, 0.15) is 28.5 Å². The van der Waals surface area contributed by atoms with Crippen molar-refractivity contribution in [3.05, 3.63) is 71.2 Å². The Labute approximate surface area is 191 Å². The summed E-state index contributed by atoms with van der Waals surface area (Å²) in [7, 11) is 3.59. The van der Waals surface area contributed by atoms with Crippen molar-refractivity contribution in [2.45, 2.75) is 26.4 Å². The molecule has 2 amide bonds. The minimum absolute atomic E-state index is 0.00372. The van der Waals surface area contributed by atoms with Crippen LogP contribution in [0, 0.1) is 12.7 Å². The SMILES string of the molecule is Cc1nc(NCc2ccc(NC(=O)c3ccc(F)cc3)cc2)nc2c1N(C)C(=O)C(C)N2C. The Kier molecular flexibility index (Phi) is 5.95. The summed E-state index contributed by atoms with van der Waals surface area (Å²) in [6, 6.07) is 12.5. The van der Waals surface area contributed by atoms with Gasteiger partial charge >= 0.3 is 0 Å². The van der Waals surface area contributed by atoms with Gasteiger partial charge in [-0.3, -0.25) is 9.59 Å². The Morgan fingerprint density at radius 1 is 1.06 bits per heavy atom. The van der Waals surface area contributed by atoms with E-state index in [9.17, 15) is 14.0 Å². The Morgan fingerprint density at radius 2 is 1.73 bits per heavy atom. The predicted molar refractivity (Wildman–Crippen MR) is 126 cm³/mol. The zero-order chi connectivity index (χ0) is 23.7. The van der Waals surface area contributed by atoms with E-state index in [0.717, 1.165) is 11.3 Å². The standard InChI is InChI=1S/C24H25FN6O2/c1-14-20-21(30(3)15(2)23(33)31(20)4)29-24(27-14)26-13-16-5-11-19(12-6-16)28-22(32)17-7-9-18(25)10-8-17/h5-12,15H,13H2,1-4H3,(H,28,32)(H,26,27,29). The monoisotopic (exact) mass is 448 g/mol. The molecular weight excluding hydrogens is 423 g/mol. The molecule has 1 unspecified atom stereocenters. The summed E-state index contributed by atoms with van der Waals surface area (Å²) in [5, 5.41) is 6.02. The maximum atomic E-state index is 13.0. The Hall–Kier alpha value is -4.01. The number of nitrogens with one attached hydrogen (secondary N) is 2. The molecular formula is C24H25FN6O2. The van der Waals surface area contributed by atoms with E-state index in [0.29, 0.717) is 35.2 Å². The molecule has 3 aromatic rings. The van der Waals surface area contributed by atoms with Gasteiger partial charge in [-0.2, -0.15) is 4.98 Å². The summed E-state index contributed by atoms with van der Waals surface area (Å²) in [6.07, 6.45) is 0. The highest BCUT2D eigenvalue weighted by molar-refractivity contribution is 6.05. The minimum Gasteiger partial charge on any atom is -0.350 e. The third-order valence-electron chi connectivity index (χ3n) is 5.75. The molecule has 170 valence electrons. The Bertz CT molecular complexity index is 1200. The third-order valence-corrected chi connectivity index (χ3v) is 5.75. The van der Waals surface area contributed by atoms with Gasteiger partial charge in [-0.15, -0.1) is 0 Å². The number of aromatic nitrogens is 2. The van der Waals surface area contributed by atoms with Gasteiger partial charge in [0.25, 0.3) is 5.91 Å². The number of aryl methyl sites for hydroxylation is 1. The number of carbonyl (C=O) groups is 2. The van der Waals surface area contributed by atoms with Gasteiger partial charge in [-0.05, 0) is 55.8 Å². The predicted octanol–water partition coefficient (Wildman–Crippen LogP) is 3.59. The first kappa shape index (κ1) is 22.2. The molecule has 1 aromatic heterocycles. The number of amides is 2. The number of likely N-dealkylation sites (N-methyl/N-ethyl adjacent to an activating group) is 2. The summed E-state index contributed by atoms with van der Waals surface area (Å²) in [6.45, 7) is 4.19. The maximum Gasteiger partial charge on any atom is 0.255 e. The van der Waals surface area contributed by atoms with Crippen LogP contribution in [0.2, 0.25) is 0 Å². The fourth-order valence-electron chi connectivity index (χ4n) is 3.70. The summed E-state index contributed by atoms with van der Waals surface area (Å²) in [5.74, 6) is 0.494. The molecule has 4 rings (SSSR count). The second-order valence-corrected chi connectivity index (χ2v) is 8.00. The fraction of sp³-hybridized carbons (Fsp3) is 0.250. The molecule has 8 nitrogen and oxygen atoms in total. The van der Waals surface area contributed by atoms with Crippen molar-refractivity contribution >= 4 is 35.0 Å². The lowest BCUT2D eigenvalue weighted by Crippen LogP contribution is -2.49. The normalized spacial score (nSPS) is 15.3. The molecule has 2 N–H and O–H groups in total. The van der Waals surface area contributed by atoms with Crippen molar-refractivity contribution in [3.63, 3.8) is 0 Å². The largest absolute Gasteiger partial charge is 0.350 e.